The second-order valence-electron chi connectivity index (χ2n) is 6.17. The van der Waals surface area contributed by atoms with Crippen molar-refractivity contribution in [2.24, 2.45) is 0 Å². The number of nitriles is 1. The van der Waals surface area contributed by atoms with E-state index in [9.17, 15) is 8.42 Å². The fraction of sp³-hybridized carbons (Fsp3) is 0.316. The highest BCUT2D eigenvalue weighted by Crippen LogP contribution is 2.22. The molecule has 3 rings (SSSR count). The average Bonchev–Trinajstić information content (AvgIpc) is 2.89. The zero-order chi connectivity index (χ0) is 17.9. The van der Waals surface area contributed by atoms with E-state index in [4.69, 9.17) is 5.26 Å². The lowest BCUT2D eigenvalue weighted by Gasteiger charge is -2.23. The largest absolute Gasteiger partial charge is 0.370 e. The topological polar surface area (TPSA) is 64.4 Å². The van der Waals surface area contributed by atoms with Crippen LogP contribution in [0.4, 0.5) is 5.69 Å². The quantitative estimate of drug-likeness (QED) is 0.849. The van der Waals surface area contributed by atoms with E-state index in [0.29, 0.717) is 30.8 Å². The Morgan fingerprint density at radius 2 is 1.76 bits per heavy atom. The van der Waals surface area contributed by atoms with Crippen molar-refractivity contribution in [3.63, 3.8) is 0 Å². The molecule has 2 aromatic rings. The molecule has 1 saturated heterocycles. The molecule has 0 amide bonds. The molecule has 2 aromatic carbocycles. The van der Waals surface area contributed by atoms with Gasteiger partial charge in [0.2, 0.25) is 10.0 Å². The van der Waals surface area contributed by atoms with Gasteiger partial charge in [-0.3, -0.25) is 0 Å². The minimum atomic E-state index is -3.54. The molecule has 0 N–H and O–H groups in total. The Bertz CT molecular complexity index is 889. The summed E-state index contributed by atoms with van der Waals surface area (Å²) in [5.74, 6) is 0. The molecular weight excluding hydrogens is 334 g/mol. The molecular formula is C19H21N3O2S. The number of anilines is 1. The molecule has 0 aliphatic carbocycles. The van der Waals surface area contributed by atoms with Gasteiger partial charge in [0.25, 0.3) is 0 Å². The predicted molar refractivity (Wildman–Crippen MR) is 97.9 cm³/mol. The van der Waals surface area contributed by atoms with Crippen LogP contribution >= 0.6 is 0 Å². The first kappa shape index (κ1) is 17.5. The Balaban J connectivity index is 1.80. The first-order chi connectivity index (χ1) is 12.0. The van der Waals surface area contributed by atoms with Gasteiger partial charge in [0.1, 0.15) is 0 Å². The van der Waals surface area contributed by atoms with Gasteiger partial charge in [0.05, 0.1) is 16.5 Å². The molecule has 25 heavy (non-hydrogen) atoms. The van der Waals surface area contributed by atoms with Crippen molar-refractivity contribution >= 4 is 15.7 Å². The number of sulfonamides is 1. The number of hydrogen-bond acceptors (Lipinski definition) is 4. The van der Waals surface area contributed by atoms with Gasteiger partial charge in [0, 0.05) is 31.9 Å². The Kier molecular flexibility index (Phi) is 5.07. The second-order valence-corrected chi connectivity index (χ2v) is 8.11. The molecule has 0 radical (unpaired) electrons. The van der Waals surface area contributed by atoms with Crippen molar-refractivity contribution in [1.82, 2.24) is 4.31 Å². The van der Waals surface area contributed by atoms with E-state index in [2.05, 4.69) is 11.0 Å². The third kappa shape index (κ3) is 3.68. The molecule has 1 aliphatic heterocycles. The summed E-state index contributed by atoms with van der Waals surface area (Å²) in [5, 5.41) is 9.02. The van der Waals surface area contributed by atoms with E-state index in [1.807, 2.05) is 30.3 Å². The van der Waals surface area contributed by atoms with E-state index in [-0.39, 0.29) is 4.90 Å². The summed E-state index contributed by atoms with van der Waals surface area (Å²) in [6.07, 6.45) is 0.781. The first-order valence-electron chi connectivity index (χ1n) is 8.33. The van der Waals surface area contributed by atoms with Crippen LogP contribution in [-0.4, -0.2) is 38.9 Å². The van der Waals surface area contributed by atoms with E-state index in [1.54, 1.807) is 23.4 Å². The fourth-order valence-electron chi connectivity index (χ4n) is 3.10. The second kappa shape index (κ2) is 7.26. The molecule has 0 bridgehead atoms. The first-order valence-corrected chi connectivity index (χ1v) is 9.77. The zero-order valence-electron chi connectivity index (χ0n) is 14.2. The Labute approximate surface area is 149 Å². The van der Waals surface area contributed by atoms with E-state index >= 15 is 0 Å². The number of para-hydroxylation sites is 1. The minimum Gasteiger partial charge on any atom is -0.370 e. The molecule has 6 heteroatoms. The number of aryl methyl sites for hydroxylation is 1. The molecule has 1 fully saturated rings. The van der Waals surface area contributed by atoms with Gasteiger partial charge >= 0.3 is 0 Å². The van der Waals surface area contributed by atoms with Crippen LogP contribution in [-0.2, 0) is 10.0 Å². The molecule has 5 nitrogen and oxygen atoms in total. The van der Waals surface area contributed by atoms with Crippen LogP contribution in [0, 0.1) is 18.3 Å². The van der Waals surface area contributed by atoms with Gasteiger partial charge in [-0.05, 0) is 49.2 Å². The Morgan fingerprint density at radius 3 is 2.44 bits per heavy atom. The molecule has 1 heterocycles. The zero-order valence-corrected chi connectivity index (χ0v) is 15.0. The number of rotatable bonds is 3. The van der Waals surface area contributed by atoms with Crippen molar-refractivity contribution < 1.29 is 8.42 Å². The molecule has 0 aromatic heterocycles. The van der Waals surface area contributed by atoms with Crippen molar-refractivity contribution in [2.45, 2.75) is 18.2 Å². The van der Waals surface area contributed by atoms with Gasteiger partial charge < -0.3 is 4.90 Å². The van der Waals surface area contributed by atoms with Gasteiger partial charge in [-0.25, -0.2) is 8.42 Å². The highest BCUT2D eigenvalue weighted by Gasteiger charge is 2.27. The maximum absolute atomic E-state index is 13.0. The smallest absolute Gasteiger partial charge is 0.243 e. The number of hydrogen-bond donors (Lipinski definition) is 0. The maximum atomic E-state index is 13.0. The maximum Gasteiger partial charge on any atom is 0.243 e. The van der Waals surface area contributed by atoms with Crippen LogP contribution in [0.2, 0.25) is 0 Å². The van der Waals surface area contributed by atoms with Crippen LogP contribution < -0.4 is 4.90 Å². The minimum absolute atomic E-state index is 0.261. The standard InChI is InChI=1S/C19H21N3O2S/c1-16-14-19(9-8-17(16)15-20)25(23,24)22-11-5-10-21(12-13-22)18-6-3-2-4-7-18/h2-4,6-9,14H,5,10-13H2,1H3. The summed E-state index contributed by atoms with van der Waals surface area (Å²) >= 11 is 0. The van der Waals surface area contributed by atoms with Crippen molar-refractivity contribution in [3.05, 3.63) is 59.7 Å². The van der Waals surface area contributed by atoms with Gasteiger partial charge in [-0.15, -0.1) is 0 Å². The van der Waals surface area contributed by atoms with Crippen LogP contribution in [0.25, 0.3) is 0 Å². The highest BCUT2D eigenvalue weighted by atomic mass is 32.2. The van der Waals surface area contributed by atoms with Crippen molar-refractivity contribution in [3.8, 4) is 6.07 Å². The van der Waals surface area contributed by atoms with Gasteiger partial charge in [0.15, 0.2) is 0 Å². The summed E-state index contributed by atoms with van der Waals surface area (Å²) in [4.78, 5) is 2.48. The lowest BCUT2D eigenvalue weighted by molar-refractivity contribution is 0.433. The third-order valence-corrected chi connectivity index (χ3v) is 6.43. The van der Waals surface area contributed by atoms with E-state index in [1.165, 1.54) is 6.07 Å². The summed E-state index contributed by atoms with van der Waals surface area (Å²) in [6.45, 7) is 4.22. The lowest BCUT2D eigenvalue weighted by Crippen LogP contribution is -2.35. The van der Waals surface area contributed by atoms with Crippen LogP contribution in [0.5, 0.6) is 0 Å². The molecule has 0 saturated carbocycles. The fourth-order valence-corrected chi connectivity index (χ4v) is 4.66. The van der Waals surface area contributed by atoms with Crippen LogP contribution in [0.15, 0.2) is 53.4 Å². The summed E-state index contributed by atoms with van der Waals surface area (Å²) in [7, 11) is -3.54. The van der Waals surface area contributed by atoms with E-state index < -0.39 is 10.0 Å². The SMILES string of the molecule is Cc1cc(S(=O)(=O)N2CCCN(c3ccccc3)CC2)ccc1C#N. The predicted octanol–water partition coefficient (Wildman–Crippen LogP) is 2.77. The normalized spacial score (nSPS) is 16.2. The molecule has 130 valence electrons. The van der Waals surface area contributed by atoms with Gasteiger partial charge in [-0.1, -0.05) is 18.2 Å². The van der Waals surface area contributed by atoms with Gasteiger partial charge in [-0.2, -0.15) is 9.57 Å². The molecule has 0 spiro atoms. The van der Waals surface area contributed by atoms with Crippen molar-refractivity contribution in [2.75, 3.05) is 31.1 Å². The number of nitrogens with zero attached hydrogens (tertiary/aromatic N) is 3. The molecule has 0 unspecified atom stereocenters. The van der Waals surface area contributed by atoms with Crippen LogP contribution in [0.1, 0.15) is 17.5 Å². The van der Waals surface area contributed by atoms with Crippen LogP contribution in [0.3, 0.4) is 0 Å². The summed E-state index contributed by atoms with van der Waals surface area (Å²) in [5.41, 5.74) is 2.31. The van der Waals surface area contributed by atoms with E-state index in [0.717, 1.165) is 18.7 Å². The molecule has 1 aliphatic rings. The third-order valence-electron chi connectivity index (χ3n) is 4.53. The molecule has 0 atom stereocenters. The Hall–Kier alpha value is -2.36. The monoisotopic (exact) mass is 355 g/mol. The Morgan fingerprint density at radius 1 is 1.00 bits per heavy atom. The summed E-state index contributed by atoms with van der Waals surface area (Å²) in [6, 6.07) is 16.8. The lowest BCUT2D eigenvalue weighted by atomic mass is 10.1. The highest BCUT2D eigenvalue weighted by molar-refractivity contribution is 7.89. The average molecular weight is 355 g/mol. The van der Waals surface area contributed by atoms with Crippen molar-refractivity contribution in [1.29, 1.82) is 5.26 Å². The number of benzene rings is 2. The summed E-state index contributed by atoms with van der Waals surface area (Å²) < 4.78 is 27.5.